The van der Waals surface area contributed by atoms with Crippen LogP contribution in [0.1, 0.15) is 94.7 Å². The van der Waals surface area contributed by atoms with Crippen LogP contribution in [0.5, 0.6) is 11.5 Å². The molecule has 3 aliphatic heterocycles. The molecule has 22 nitrogen and oxygen atoms in total. The Labute approximate surface area is 474 Å². The Kier molecular flexibility index (Phi) is 21.1. The van der Waals surface area contributed by atoms with Gasteiger partial charge in [-0.25, -0.2) is 0 Å². The van der Waals surface area contributed by atoms with E-state index in [-0.39, 0.29) is 23.4 Å². The lowest BCUT2D eigenvalue weighted by molar-refractivity contribution is -0.150. The molecule has 442 valence electrons. The standard InChI is InChI=1S/C60H75N5O17/c1-5-6-7-24-82-42-22-18-37(19-23-42)35-10-8-34(9-11-35)36-12-14-39(15-13-36)55(76)61-45-28-49(72)57(78)63-58(79)51-52(73)31(2)29-65(51)59(80)43(32(3)66)26-47(70)44(54(75)53(74)38-16-20-40(68)21-17-38)27-48(71)46-25-41(69)30-64(46)60(81)50(33(4)67)62-56(45)77/h8-23,31-33,41,43-46,49-54,57,66-69,72-75,78H,5-7,24-30H2,1-4H3,(H,61,76)(H,62,77)(H,63,79)/t31-,32+,33+,41+,43-,44+,45-,46?,49+,50-,51-,52-,53-,54-,57+/m0/s1. The minimum absolute atomic E-state index is 0.00675. The van der Waals surface area contributed by atoms with Gasteiger partial charge in [-0.1, -0.05) is 87.4 Å². The van der Waals surface area contributed by atoms with Gasteiger partial charge < -0.3 is 76.4 Å². The zero-order valence-electron chi connectivity index (χ0n) is 46.2. The zero-order chi connectivity index (χ0) is 59.7. The number of aliphatic hydroxyl groups excluding tert-OH is 8. The average molecular weight is 1140 g/mol. The largest absolute Gasteiger partial charge is 0.508 e. The molecule has 4 aromatic carbocycles. The second-order valence-corrected chi connectivity index (χ2v) is 21.9. The van der Waals surface area contributed by atoms with Crippen LogP contribution in [0.4, 0.5) is 0 Å². The molecule has 0 spiro atoms. The van der Waals surface area contributed by atoms with Crippen molar-refractivity contribution in [3.05, 3.63) is 108 Å². The SMILES string of the molecule is CCCCCOc1ccc(-c2ccc(-c3ccc(C(=O)N[C@H]4C[C@@H](O)[C@@H](O)NC(=O)[C@@H]5[C@@H](O)[C@@H](C)CN5C(=O)[C@H]([C@@H](C)O)CC(=O)[C@H]([C@H](O)[C@@H](O)c5ccc(O)cc5)CC(=O)C5C[C@@H](O)CN5C(=O)[C@H]([C@@H](C)O)NC4=O)cc3)cc2)cc1. The van der Waals surface area contributed by atoms with Crippen LogP contribution < -0.4 is 20.7 Å². The predicted molar refractivity (Wildman–Crippen MR) is 296 cm³/mol. The molecule has 82 heavy (non-hydrogen) atoms. The van der Waals surface area contributed by atoms with Gasteiger partial charge in [0.15, 0.2) is 12.0 Å². The number of hydrogen-bond acceptors (Lipinski definition) is 17. The van der Waals surface area contributed by atoms with E-state index < -0.39 is 164 Å². The van der Waals surface area contributed by atoms with Crippen LogP contribution in [0.25, 0.3) is 22.3 Å². The van der Waals surface area contributed by atoms with Gasteiger partial charge in [0, 0.05) is 50.3 Å². The molecule has 15 atom stereocenters. The monoisotopic (exact) mass is 1140 g/mol. The summed E-state index contributed by atoms with van der Waals surface area (Å²) in [6.45, 7) is 5.72. The number of carbonyl (C=O) groups is 7. The maximum atomic E-state index is 14.5. The third-order valence-corrected chi connectivity index (χ3v) is 15.7. The fourth-order valence-electron chi connectivity index (χ4n) is 10.8. The number of nitrogens with one attached hydrogen (secondary N) is 3. The minimum Gasteiger partial charge on any atom is -0.508 e. The fraction of sp³-hybridized carbons (Fsp3) is 0.483. The van der Waals surface area contributed by atoms with Crippen molar-refractivity contribution in [1.29, 1.82) is 0 Å². The maximum Gasteiger partial charge on any atom is 0.251 e. The Hall–Kier alpha value is -7.15. The third kappa shape index (κ3) is 14.9. The molecule has 22 heteroatoms. The van der Waals surface area contributed by atoms with Gasteiger partial charge in [0.2, 0.25) is 23.6 Å². The second-order valence-electron chi connectivity index (χ2n) is 21.9. The summed E-state index contributed by atoms with van der Waals surface area (Å²) in [5, 5.41) is 107. The molecule has 5 amide bonds. The van der Waals surface area contributed by atoms with Crippen molar-refractivity contribution < 1.29 is 84.3 Å². The van der Waals surface area contributed by atoms with E-state index in [1.165, 1.54) is 50.2 Å². The van der Waals surface area contributed by atoms with Crippen LogP contribution >= 0.6 is 0 Å². The molecule has 7 rings (SSSR count). The number of ether oxygens (including phenoxy) is 1. The Morgan fingerprint density at radius 3 is 1.82 bits per heavy atom. The molecule has 0 radical (unpaired) electrons. The highest BCUT2D eigenvalue weighted by Crippen LogP contribution is 2.34. The first-order valence-corrected chi connectivity index (χ1v) is 27.7. The summed E-state index contributed by atoms with van der Waals surface area (Å²) < 4.78 is 5.84. The maximum absolute atomic E-state index is 14.5. The number of hydrogen-bond donors (Lipinski definition) is 12. The van der Waals surface area contributed by atoms with Gasteiger partial charge in [0.05, 0.1) is 55.0 Å². The minimum atomic E-state index is -2.27. The van der Waals surface area contributed by atoms with Crippen molar-refractivity contribution in [2.75, 3.05) is 19.7 Å². The number of fused-ring (bicyclic) bond motifs is 2. The van der Waals surface area contributed by atoms with Gasteiger partial charge in [-0.3, -0.25) is 33.6 Å². The predicted octanol–water partition coefficient (Wildman–Crippen LogP) is 1.25. The first-order chi connectivity index (χ1) is 39.0. The quantitative estimate of drug-likeness (QED) is 0.0791. The van der Waals surface area contributed by atoms with Crippen molar-refractivity contribution >= 4 is 41.1 Å². The molecule has 0 aliphatic carbocycles. The highest BCUT2D eigenvalue weighted by Gasteiger charge is 2.50. The molecule has 3 saturated heterocycles. The molecule has 0 aromatic heterocycles. The number of rotatable bonds is 14. The first kappa shape index (κ1) is 62.5. The number of aliphatic hydroxyl groups is 8. The van der Waals surface area contributed by atoms with Gasteiger partial charge in [0.25, 0.3) is 5.91 Å². The molecular weight excluding hydrogens is 1060 g/mol. The topological polar surface area (TPSA) is 353 Å². The number of nitrogens with zero attached hydrogens (tertiary/aromatic N) is 2. The average Bonchev–Trinajstić information content (AvgIpc) is 4.06. The molecule has 3 heterocycles. The Morgan fingerprint density at radius 2 is 1.24 bits per heavy atom. The van der Waals surface area contributed by atoms with Crippen LogP contribution in [0, 0.1) is 17.8 Å². The van der Waals surface area contributed by atoms with Crippen LogP contribution in [0.2, 0.25) is 0 Å². The fourth-order valence-corrected chi connectivity index (χ4v) is 10.8. The van der Waals surface area contributed by atoms with Crippen LogP contribution in [-0.4, -0.2) is 184 Å². The number of phenols is 1. The van der Waals surface area contributed by atoms with Crippen molar-refractivity contribution in [1.82, 2.24) is 25.8 Å². The molecule has 0 bridgehead atoms. The molecular formula is C60H75N5O17. The van der Waals surface area contributed by atoms with Gasteiger partial charge in [0.1, 0.15) is 47.6 Å². The Morgan fingerprint density at radius 1 is 0.671 bits per heavy atom. The number of carbonyl (C=O) groups excluding carboxylic acids is 7. The van der Waals surface area contributed by atoms with E-state index >= 15 is 0 Å². The summed E-state index contributed by atoms with van der Waals surface area (Å²) in [7, 11) is 0. The highest BCUT2D eigenvalue weighted by molar-refractivity contribution is 6.00. The smallest absolute Gasteiger partial charge is 0.251 e. The molecule has 4 aromatic rings. The van der Waals surface area contributed by atoms with Crippen molar-refractivity contribution in [3.8, 4) is 33.8 Å². The first-order valence-electron chi connectivity index (χ1n) is 27.7. The second kappa shape index (κ2) is 27.7. The zero-order valence-corrected chi connectivity index (χ0v) is 46.2. The number of ketones is 2. The summed E-state index contributed by atoms with van der Waals surface area (Å²) in [5.74, 6) is -11.3. The highest BCUT2D eigenvalue weighted by atomic mass is 16.5. The van der Waals surface area contributed by atoms with Gasteiger partial charge in [-0.05, 0) is 84.5 Å². The number of amides is 5. The van der Waals surface area contributed by atoms with Gasteiger partial charge in [-0.15, -0.1) is 0 Å². The molecule has 0 saturated carbocycles. The number of benzene rings is 4. The van der Waals surface area contributed by atoms with E-state index in [0.717, 1.165) is 64.0 Å². The number of phenolic OH excluding ortho intramolecular Hbond substituents is 1. The molecule has 3 aliphatic rings. The number of aromatic hydroxyl groups is 1. The van der Waals surface area contributed by atoms with E-state index in [0.29, 0.717) is 6.61 Å². The lowest BCUT2D eigenvalue weighted by Crippen LogP contribution is -2.60. The lowest BCUT2D eigenvalue weighted by Gasteiger charge is -2.33. The van der Waals surface area contributed by atoms with Gasteiger partial charge in [-0.2, -0.15) is 0 Å². The summed E-state index contributed by atoms with van der Waals surface area (Å²) in [4.78, 5) is 102. The van der Waals surface area contributed by atoms with Crippen molar-refractivity contribution in [2.24, 2.45) is 17.8 Å². The summed E-state index contributed by atoms with van der Waals surface area (Å²) in [6.07, 6.45) is -14.8. The Bertz CT molecular complexity index is 2870. The van der Waals surface area contributed by atoms with E-state index in [9.17, 15) is 79.5 Å². The van der Waals surface area contributed by atoms with E-state index in [4.69, 9.17) is 4.74 Å². The van der Waals surface area contributed by atoms with Crippen LogP contribution in [0.3, 0.4) is 0 Å². The van der Waals surface area contributed by atoms with E-state index in [1.807, 2.05) is 48.5 Å². The van der Waals surface area contributed by atoms with E-state index in [2.05, 4.69) is 22.9 Å². The Balaban J connectivity index is 1.18. The normalized spacial score (nSPS) is 27.7. The lowest BCUT2D eigenvalue weighted by atomic mass is 9.81. The number of unbranched alkanes of at least 4 members (excludes halogenated alkanes) is 2. The molecule has 1 unspecified atom stereocenters. The van der Waals surface area contributed by atoms with Crippen molar-refractivity contribution in [2.45, 2.75) is 146 Å². The summed E-state index contributed by atoms with van der Waals surface area (Å²) in [5.41, 5.74) is 3.48. The van der Waals surface area contributed by atoms with Crippen molar-refractivity contribution in [3.63, 3.8) is 0 Å². The van der Waals surface area contributed by atoms with E-state index in [1.54, 1.807) is 12.1 Å². The molecule has 12 N–H and O–H groups in total. The van der Waals surface area contributed by atoms with Crippen LogP contribution in [-0.2, 0) is 28.8 Å². The number of Topliss-reactive ketones (excluding diaryl/α,β-unsaturated/α-hetero) is 2. The summed E-state index contributed by atoms with van der Waals surface area (Å²) in [6, 6.07) is 19.5. The molecule has 3 fully saturated rings. The van der Waals surface area contributed by atoms with Gasteiger partial charge >= 0.3 is 0 Å². The van der Waals surface area contributed by atoms with Crippen LogP contribution in [0.15, 0.2) is 97.1 Å². The summed E-state index contributed by atoms with van der Waals surface area (Å²) >= 11 is 0. The third-order valence-electron chi connectivity index (χ3n) is 15.7.